The van der Waals surface area contributed by atoms with Gasteiger partial charge in [-0.25, -0.2) is 0 Å². The molecule has 0 aromatic carbocycles. The van der Waals surface area contributed by atoms with E-state index in [-0.39, 0.29) is 30.8 Å². The zero-order valence-corrected chi connectivity index (χ0v) is 8.17. The molecule has 1 spiro atoms. The van der Waals surface area contributed by atoms with Gasteiger partial charge in [0.2, 0.25) is 0 Å². The van der Waals surface area contributed by atoms with Gasteiger partial charge in [-0.05, 0) is 0 Å². The van der Waals surface area contributed by atoms with Gasteiger partial charge in [-0.1, -0.05) is 0 Å². The second-order valence-corrected chi connectivity index (χ2v) is 3.62. The Morgan fingerprint density at radius 2 is 2.53 bits per heavy atom. The van der Waals surface area contributed by atoms with Gasteiger partial charge in [0.25, 0.3) is 0 Å². The van der Waals surface area contributed by atoms with Crippen molar-refractivity contribution in [1.82, 2.24) is 0 Å². The van der Waals surface area contributed by atoms with Crippen LogP contribution in [0.2, 0.25) is 0 Å². The van der Waals surface area contributed by atoms with E-state index >= 15 is 0 Å². The monoisotopic (exact) mass is 201 g/mol. The van der Waals surface area contributed by atoms with Gasteiger partial charge in [0.1, 0.15) is 0 Å². The van der Waals surface area contributed by atoms with Gasteiger partial charge < -0.3 is 0 Å². The Morgan fingerprint density at radius 1 is 1.73 bits per heavy atom. The van der Waals surface area contributed by atoms with E-state index in [0.29, 0.717) is 0 Å². The summed E-state index contributed by atoms with van der Waals surface area (Å²) < 4.78 is 11.2. The van der Waals surface area contributed by atoms with Crippen LogP contribution in [0.5, 0.6) is 0 Å². The van der Waals surface area contributed by atoms with Crippen LogP contribution < -0.4 is 0 Å². The van der Waals surface area contributed by atoms with E-state index in [1.54, 1.807) is 0 Å². The Balaban J connectivity index is 1.93. The molecular weight excluding hydrogens is 192 g/mol. The van der Waals surface area contributed by atoms with Gasteiger partial charge in [0.05, 0.1) is 0 Å². The van der Waals surface area contributed by atoms with E-state index in [0.717, 1.165) is 6.42 Å². The van der Waals surface area contributed by atoms with Crippen LogP contribution in [-0.4, -0.2) is 44.4 Å². The van der Waals surface area contributed by atoms with Crippen molar-refractivity contribution in [3.8, 4) is 12.3 Å². The van der Waals surface area contributed by atoms with Crippen LogP contribution in [0.4, 0.5) is 0 Å². The fourth-order valence-electron chi connectivity index (χ4n) is 1.75. The van der Waals surface area contributed by atoms with Crippen molar-refractivity contribution in [1.29, 1.82) is 0 Å². The average Bonchev–Trinajstić information content (AvgIpc) is 2.88. The molecule has 0 aromatic heterocycles. The summed E-state index contributed by atoms with van der Waals surface area (Å²) in [5.41, 5.74) is 8.25. The molecule has 2 aliphatic rings. The Bertz CT molecular complexity index is 367. The minimum absolute atomic E-state index is 0.0819. The molecule has 0 aromatic rings. The van der Waals surface area contributed by atoms with Crippen molar-refractivity contribution in [2.75, 3.05) is 13.2 Å². The summed E-state index contributed by atoms with van der Waals surface area (Å²) in [5.74, 6) is 2.42. The standard InChI is InChI=1S/C8H9B2N3O2/c1-2-3-14-6-4-8(9-10-8)15-7(6)5-12-13-11/h1,6-7H,3-5H2. The fourth-order valence-corrected chi connectivity index (χ4v) is 1.75. The number of nitrogens with zero attached hydrogens (tertiary/aromatic N) is 3. The van der Waals surface area contributed by atoms with E-state index in [4.69, 9.17) is 21.4 Å². The molecule has 0 amide bonds. The summed E-state index contributed by atoms with van der Waals surface area (Å²) in [7, 11) is 0. The maximum atomic E-state index is 8.25. The van der Waals surface area contributed by atoms with Crippen molar-refractivity contribution < 1.29 is 9.47 Å². The number of hydrogen-bond acceptors (Lipinski definition) is 3. The number of rotatable bonds is 4. The molecule has 1 fully saturated rings. The third-order valence-electron chi connectivity index (χ3n) is 2.55. The predicted octanol–water partition coefficient (Wildman–Crippen LogP) is 0.0948. The molecule has 2 rings (SSSR count). The first-order valence-corrected chi connectivity index (χ1v) is 4.74. The summed E-state index contributed by atoms with van der Waals surface area (Å²) in [6.07, 6.45) is 5.61. The molecular formula is C8H9B2N3O2. The number of hydrogen-bond donors (Lipinski definition) is 0. The Labute approximate surface area is 88.9 Å². The SMILES string of the molecule is C#CCOC1CC2(B=B2)OC1CN=[N+]=[N-]. The van der Waals surface area contributed by atoms with E-state index in [1.165, 1.54) is 0 Å². The Morgan fingerprint density at radius 3 is 3.13 bits per heavy atom. The zero-order chi connectivity index (χ0) is 10.7. The first-order valence-electron chi connectivity index (χ1n) is 4.74. The molecule has 1 saturated heterocycles. The predicted molar refractivity (Wildman–Crippen MR) is 56.3 cm³/mol. The molecule has 74 valence electrons. The molecule has 2 unspecified atom stereocenters. The third-order valence-corrected chi connectivity index (χ3v) is 2.55. The van der Waals surface area contributed by atoms with Gasteiger partial charge >= 0.3 is 88.2 Å². The van der Waals surface area contributed by atoms with Crippen LogP contribution in [0.15, 0.2) is 5.11 Å². The van der Waals surface area contributed by atoms with E-state index < -0.39 is 0 Å². The van der Waals surface area contributed by atoms with Crippen LogP contribution in [0.25, 0.3) is 10.4 Å². The van der Waals surface area contributed by atoms with Crippen LogP contribution in [0, 0.1) is 12.3 Å². The van der Waals surface area contributed by atoms with Crippen molar-refractivity contribution in [3.63, 3.8) is 0 Å². The molecule has 2 aliphatic heterocycles. The summed E-state index contributed by atoms with van der Waals surface area (Å²) >= 11 is 0. The second kappa shape index (κ2) is 4.19. The molecule has 0 aliphatic carbocycles. The van der Waals surface area contributed by atoms with Crippen LogP contribution >= 0.6 is 0 Å². The number of ether oxygens (including phenoxy) is 2. The zero-order valence-electron chi connectivity index (χ0n) is 8.17. The molecule has 7 heteroatoms. The van der Waals surface area contributed by atoms with Crippen LogP contribution in [0.1, 0.15) is 6.42 Å². The van der Waals surface area contributed by atoms with Gasteiger partial charge in [-0.3, -0.25) is 0 Å². The Hall–Kier alpha value is -1.08. The third kappa shape index (κ3) is 2.29. The van der Waals surface area contributed by atoms with Crippen molar-refractivity contribution in [2.45, 2.75) is 24.0 Å². The number of terminal acetylenes is 1. The van der Waals surface area contributed by atoms with Gasteiger partial charge in [0, 0.05) is 0 Å². The molecule has 0 N–H and O–H groups in total. The summed E-state index contributed by atoms with van der Waals surface area (Å²) in [4.78, 5) is 2.71. The average molecular weight is 201 g/mol. The van der Waals surface area contributed by atoms with Gasteiger partial charge in [-0.15, -0.1) is 0 Å². The molecule has 0 saturated carbocycles. The van der Waals surface area contributed by atoms with Crippen molar-refractivity contribution in [2.24, 2.45) is 5.11 Å². The molecule has 2 heterocycles. The molecule has 0 bridgehead atoms. The van der Waals surface area contributed by atoms with Crippen molar-refractivity contribution in [3.05, 3.63) is 10.4 Å². The summed E-state index contributed by atoms with van der Waals surface area (Å²) in [6.45, 7) is 4.51. The van der Waals surface area contributed by atoms with Crippen molar-refractivity contribution >= 4 is 13.6 Å². The number of azide groups is 1. The minimum atomic E-state index is -0.241. The quantitative estimate of drug-likeness (QED) is 0.212. The Kier molecular flexibility index (Phi) is 2.92. The van der Waals surface area contributed by atoms with Gasteiger partial charge in [0.15, 0.2) is 0 Å². The topological polar surface area (TPSA) is 67.2 Å². The van der Waals surface area contributed by atoms with E-state index in [9.17, 15) is 0 Å². The van der Waals surface area contributed by atoms with Crippen LogP contribution in [-0.2, 0) is 9.47 Å². The molecule has 0 radical (unpaired) electrons. The molecule has 15 heavy (non-hydrogen) atoms. The first-order chi connectivity index (χ1) is 7.29. The normalized spacial score (nSPS) is 28.7. The van der Waals surface area contributed by atoms with Crippen LogP contribution in [0.3, 0.4) is 0 Å². The maximum absolute atomic E-state index is 8.25. The molecule has 2 atom stereocenters. The fraction of sp³-hybridized carbons (Fsp3) is 0.750. The van der Waals surface area contributed by atoms with Gasteiger partial charge in [-0.2, -0.15) is 0 Å². The summed E-state index contributed by atoms with van der Waals surface area (Å²) in [6, 6.07) is 0. The molecule has 5 nitrogen and oxygen atoms in total. The van der Waals surface area contributed by atoms with E-state index in [2.05, 4.69) is 15.9 Å². The second-order valence-electron chi connectivity index (χ2n) is 3.62. The summed E-state index contributed by atoms with van der Waals surface area (Å²) in [5, 5.41) is 3.26. The van der Waals surface area contributed by atoms with E-state index in [1.807, 2.05) is 13.6 Å². The first kappa shape index (κ1) is 10.4.